The van der Waals surface area contributed by atoms with Gasteiger partial charge in [-0.2, -0.15) is 0 Å². The molecule has 1 atom stereocenters. The van der Waals surface area contributed by atoms with Crippen molar-refractivity contribution in [2.75, 3.05) is 0 Å². The molecule has 4 heteroatoms. The molecular weight excluding hydrogens is 240 g/mol. The standard InChI is InChI=1S/C15H28N2O2/c1-8-15(7,9-2)17-11(10(3)4)12(18)16-14(5,6)13(17)19/h10-11H,8-9H2,1-7H3,(H,16,18). The van der Waals surface area contributed by atoms with E-state index in [0.29, 0.717) is 0 Å². The van der Waals surface area contributed by atoms with E-state index in [1.807, 2.05) is 18.7 Å². The van der Waals surface area contributed by atoms with Crippen LogP contribution in [0.2, 0.25) is 0 Å². The lowest BCUT2D eigenvalue weighted by molar-refractivity contribution is -0.163. The molecule has 0 aromatic carbocycles. The van der Waals surface area contributed by atoms with E-state index in [2.05, 4.69) is 26.1 Å². The summed E-state index contributed by atoms with van der Waals surface area (Å²) in [6, 6.07) is -0.370. The first-order valence-corrected chi connectivity index (χ1v) is 7.26. The highest BCUT2D eigenvalue weighted by atomic mass is 16.2. The summed E-state index contributed by atoms with van der Waals surface area (Å²) < 4.78 is 0. The minimum atomic E-state index is -0.811. The Morgan fingerprint density at radius 1 is 1.26 bits per heavy atom. The van der Waals surface area contributed by atoms with Gasteiger partial charge in [0, 0.05) is 5.54 Å². The average Bonchev–Trinajstić information content (AvgIpc) is 2.31. The van der Waals surface area contributed by atoms with Gasteiger partial charge in [-0.25, -0.2) is 0 Å². The summed E-state index contributed by atoms with van der Waals surface area (Å²) in [5.41, 5.74) is -1.07. The highest BCUT2D eigenvalue weighted by molar-refractivity contribution is 5.99. The first-order chi connectivity index (χ1) is 8.60. The third-order valence-electron chi connectivity index (χ3n) is 4.47. The monoisotopic (exact) mass is 268 g/mol. The van der Waals surface area contributed by atoms with Crippen molar-refractivity contribution in [1.29, 1.82) is 0 Å². The van der Waals surface area contributed by atoms with Crippen LogP contribution in [0.4, 0.5) is 0 Å². The summed E-state index contributed by atoms with van der Waals surface area (Å²) in [6.45, 7) is 13.8. The Morgan fingerprint density at radius 3 is 2.11 bits per heavy atom. The van der Waals surface area contributed by atoms with Crippen molar-refractivity contribution in [1.82, 2.24) is 10.2 Å². The SMILES string of the molecule is CCC(C)(CC)N1C(=O)C(C)(C)NC(=O)C1C(C)C. The van der Waals surface area contributed by atoms with E-state index in [4.69, 9.17) is 0 Å². The number of hydrogen-bond acceptors (Lipinski definition) is 2. The van der Waals surface area contributed by atoms with E-state index in [0.717, 1.165) is 12.8 Å². The predicted molar refractivity (Wildman–Crippen MR) is 76.7 cm³/mol. The van der Waals surface area contributed by atoms with Gasteiger partial charge in [-0.3, -0.25) is 9.59 Å². The van der Waals surface area contributed by atoms with Crippen LogP contribution in [0.25, 0.3) is 0 Å². The molecule has 1 fully saturated rings. The van der Waals surface area contributed by atoms with Crippen molar-refractivity contribution in [3.05, 3.63) is 0 Å². The zero-order valence-electron chi connectivity index (χ0n) is 13.3. The number of hydrogen-bond donors (Lipinski definition) is 1. The highest BCUT2D eigenvalue weighted by Gasteiger charge is 2.51. The third kappa shape index (κ3) is 2.63. The van der Waals surface area contributed by atoms with Crippen molar-refractivity contribution >= 4 is 11.8 Å². The van der Waals surface area contributed by atoms with Crippen LogP contribution in [0.5, 0.6) is 0 Å². The third-order valence-corrected chi connectivity index (χ3v) is 4.47. The van der Waals surface area contributed by atoms with E-state index in [-0.39, 0.29) is 29.3 Å². The van der Waals surface area contributed by atoms with E-state index in [1.54, 1.807) is 13.8 Å². The van der Waals surface area contributed by atoms with Gasteiger partial charge in [0.25, 0.3) is 0 Å². The number of carbonyl (C=O) groups excluding carboxylic acids is 2. The smallest absolute Gasteiger partial charge is 0.248 e. The molecule has 1 saturated heterocycles. The molecule has 19 heavy (non-hydrogen) atoms. The van der Waals surface area contributed by atoms with Crippen LogP contribution in [0, 0.1) is 5.92 Å². The Kier molecular flexibility index (Phi) is 4.33. The summed E-state index contributed by atoms with van der Waals surface area (Å²) in [4.78, 5) is 27.0. The lowest BCUT2D eigenvalue weighted by atomic mass is 9.83. The fourth-order valence-electron chi connectivity index (χ4n) is 2.75. The second-order valence-corrected chi connectivity index (χ2v) is 6.68. The van der Waals surface area contributed by atoms with Gasteiger partial charge < -0.3 is 10.2 Å². The molecule has 1 aliphatic rings. The summed E-state index contributed by atoms with van der Waals surface area (Å²) in [5.74, 6) is 0.0993. The molecule has 1 N–H and O–H groups in total. The number of carbonyl (C=O) groups is 2. The van der Waals surface area contributed by atoms with Gasteiger partial charge in [0.1, 0.15) is 11.6 Å². The molecule has 110 valence electrons. The van der Waals surface area contributed by atoms with Gasteiger partial charge in [-0.15, -0.1) is 0 Å². The number of nitrogens with one attached hydrogen (secondary N) is 1. The van der Waals surface area contributed by atoms with Crippen molar-refractivity contribution in [2.45, 2.75) is 78.4 Å². The zero-order chi connectivity index (χ0) is 15.0. The first-order valence-electron chi connectivity index (χ1n) is 7.26. The molecule has 1 aliphatic heterocycles. The molecule has 2 amide bonds. The van der Waals surface area contributed by atoms with Crippen LogP contribution < -0.4 is 5.32 Å². The molecule has 0 bridgehead atoms. The topological polar surface area (TPSA) is 49.4 Å². The number of rotatable bonds is 4. The number of amides is 2. The van der Waals surface area contributed by atoms with Gasteiger partial charge in [0.05, 0.1) is 0 Å². The average molecular weight is 268 g/mol. The molecule has 4 nitrogen and oxygen atoms in total. The van der Waals surface area contributed by atoms with Gasteiger partial charge in [0.2, 0.25) is 11.8 Å². The Balaban J connectivity index is 3.32. The second-order valence-electron chi connectivity index (χ2n) is 6.68. The minimum Gasteiger partial charge on any atom is -0.340 e. The predicted octanol–water partition coefficient (Wildman–Crippen LogP) is 2.33. The number of piperazine rings is 1. The first kappa shape index (κ1) is 16.0. The van der Waals surface area contributed by atoms with Crippen LogP contribution in [0.1, 0.15) is 61.3 Å². The summed E-state index contributed by atoms with van der Waals surface area (Å²) in [6.07, 6.45) is 1.70. The lowest BCUT2D eigenvalue weighted by Crippen LogP contribution is -2.73. The quantitative estimate of drug-likeness (QED) is 0.850. The summed E-state index contributed by atoms with van der Waals surface area (Å²) in [7, 11) is 0. The van der Waals surface area contributed by atoms with Crippen LogP contribution in [-0.2, 0) is 9.59 Å². The van der Waals surface area contributed by atoms with Crippen LogP contribution in [0.15, 0.2) is 0 Å². The fraction of sp³-hybridized carbons (Fsp3) is 0.867. The maximum Gasteiger partial charge on any atom is 0.248 e. The minimum absolute atomic E-state index is 0.0250. The van der Waals surface area contributed by atoms with Gasteiger partial charge in [-0.05, 0) is 39.5 Å². The lowest BCUT2D eigenvalue weighted by Gasteiger charge is -2.52. The summed E-state index contributed by atoms with van der Waals surface area (Å²) >= 11 is 0. The van der Waals surface area contributed by atoms with Crippen LogP contribution in [0.3, 0.4) is 0 Å². The van der Waals surface area contributed by atoms with Crippen LogP contribution in [-0.4, -0.2) is 33.8 Å². The normalized spacial score (nSPS) is 23.8. The van der Waals surface area contributed by atoms with E-state index < -0.39 is 5.54 Å². The maximum atomic E-state index is 12.8. The fourth-order valence-corrected chi connectivity index (χ4v) is 2.75. The van der Waals surface area contributed by atoms with Crippen molar-refractivity contribution < 1.29 is 9.59 Å². The second kappa shape index (κ2) is 5.14. The Hall–Kier alpha value is -1.06. The molecule has 1 unspecified atom stereocenters. The van der Waals surface area contributed by atoms with Crippen molar-refractivity contribution in [2.24, 2.45) is 5.92 Å². The Bertz CT molecular complexity index is 370. The van der Waals surface area contributed by atoms with Crippen molar-refractivity contribution in [3.8, 4) is 0 Å². The zero-order valence-corrected chi connectivity index (χ0v) is 13.3. The summed E-state index contributed by atoms with van der Waals surface area (Å²) in [5, 5.41) is 2.86. The molecule has 0 aliphatic carbocycles. The van der Waals surface area contributed by atoms with Gasteiger partial charge in [-0.1, -0.05) is 27.7 Å². The molecule has 1 rings (SSSR count). The highest BCUT2D eigenvalue weighted by Crippen LogP contribution is 2.33. The largest absolute Gasteiger partial charge is 0.340 e. The Morgan fingerprint density at radius 2 is 1.74 bits per heavy atom. The van der Waals surface area contributed by atoms with Gasteiger partial charge >= 0.3 is 0 Å². The molecule has 0 aromatic heterocycles. The molecule has 0 radical (unpaired) electrons. The van der Waals surface area contributed by atoms with E-state index in [9.17, 15) is 9.59 Å². The molecule has 0 saturated carbocycles. The molecular formula is C15H28N2O2. The van der Waals surface area contributed by atoms with Gasteiger partial charge in [0.15, 0.2) is 0 Å². The molecule has 1 heterocycles. The molecule has 0 spiro atoms. The number of nitrogens with zero attached hydrogens (tertiary/aromatic N) is 1. The van der Waals surface area contributed by atoms with E-state index in [1.165, 1.54) is 0 Å². The van der Waals surface area contributed by atoms with Crippen molar-refractivity contribution in [3.63, 3.8) is 0 Å². The molecule has 0 aromatic rings. The van der Waals surface area contributed by atoms with E-state index >= 15 is 0 Å². The Labute approximate surface area is 116 Å². The van der Waals surface area contributed by atoms with Crippen LogP contribution >= 0.6 is 0 Å². The maximum absolute atomic E-state index is 12.8.